The van der Waals surface area contributed by atoms with E-state index in [9.17, 15) is 9.59 Å². The molecule has 2 aromatic carbocycles. The van der Waals surface area contributed by atoms with Crippen LogP contribution in [-0.4, -0.2) is 54.3 Å². The third-order valence-corrected chi connectivity index (χ3v) is 5.17. The summed E-state index contributed by atoms with van der Waals surface area (Å²) in [6, 6.07) is 19.6. The lowest BCUT2D eigenvalue weighted by molar-refractivity contribution is -0.134. The number of likely N-dealkylation sites (N-methyl/N-ethyl adjacent to an activating group) is 1. The van der Waals surface area contributed by atoms with Gasteiger partial charge in [-0.1, -0.05) is 54.6 Å². The molecule has 0 aromatic heterocycles. The number of aliphatic carboxylic acids is 2. The summed E-state index contributed by atoms with van der Waals surface area (Å²) in [5.74, 6) is -2.51. The number of fused-ring (bicyclic) bond motifs is 1. The molecule has 2 N–H and O–H groups in total. The quantitative estimate of drug-likeness (QED) is 0.516. The van der Waals surface area contributed by atoms with Crippen molar-refractivity contribution in [2.75, 3.05) is 27.2 Å². The number of rotatable bonds is 7. The monoisotopic (exact) mass is 425 g/mol. The number of nitrogens with zero attached hydrogens (tertiary/aromatic N) is 1. The van der Waals surface area contributed by atoms with E-state index in [2.05, 4.69) is 73.6 Å². The second kappa shape index (κ2) is 12.0. The molecule has 1 aliphatic rings. The number of hydrogen-bond donors (Lipinski definition) is 2. The number of carbonyl (C=O) groups is 2. The molecule has 0 aliphatic heterocycles. The largest absolute Gasteiger partial charge is 0.478 e. The highest BCUT2D eigenvalue weighted by atomic mass is 16.5. The molecule has 0 saturated heterocycles. The van der Waals surface area contributed by atoms with Gasteiger partial charge in [0.2, 0.25) is 0 Å². The molecule has 6 nitrogen and oxygen atoms in total. The number of carboxylic acid groups (broad SMARTS) is 2. The second-order valence-corrected chi connectivity index (χ2v) is 7.72. The molecule has 1 atom stereocenters. The summed E-state index contributed by atoms with van der Waals surface area (Å²) < 4.78 is 6.63. The Balaban J connectivity index is 0.000000366. The van der Waals surface area contributed by atoms with Crippen LogP contribution < -0.4 is 0 Å². The van der Waals surface area contributed by atoms with Gasteiger partial charge in [-0.2, -0.15) is 0 Å². The Labute approximate surface area is 183 Å². The van der Waals surface area contributed by atoms with Gasteiger partial charge < -0.3 is 19.8 Å². The van der Waals surface area contributed by atoms with Gasteiger partial charge in [-0.25, -0.2) is 9.59 Å². The molecule has 0 amide bonds. The van der Waals surface area contributed by atoms with Crippen LogP contribution >= 0.6 is 0 Å². The van der Waals surface area contributed by atoms with Crippen LogP contribution in [0.4, 0.5) is 0 Å². The maximum absolute atomic E-state index is 9.55. The van der Waals surface area contributed by atoms with Crippen molar-refractivity contribution in [1.29, 1.82) is 0 Å². The van der Waals surface area contributed by atoms with Crippen LogP contribution in [-0.2, 0) is 26.3 Å². The third-order valence-electron chi connectivity index (χ3n) is 5.17. The SMILES string of the molecule is CN(C)CCOC1(c2ccccc2)CCCCc2ccccc21.O=C(O)/C=C\C(=O)O. The highest BCUT2D eigenvalue weighted by Gasteiger charge is 2.37. The van der Waals surface area contributed by atoms with Crippen molar-refractivity contribution in [3.63, 3.8) is 0 Å². The van der Waals surface area contributed by atoms with Crippen molar-refractivity contribution < 1.29 is 24.5 Å². The van der Waals surface area contributed by atoms with Crippen molar-refractivity contribution in [3.05, 3.63) is 83.4 Å². The fourth-order valence-corrected chi connectivity index (χ4v) is 3.74. The smallest absolute Gasteiger partial charge is 0.328 e. The summed E-state index contributed by atoms with van der Waals surface area (Å²) in [4.78, 5) is 21.3. The summed E-state index contributed by atoms with van der Waals surface area (Å²) in [7, 11) is 4.19. The van der Waals surface area contributed by atoms with Crippen LogP contribution in [0.3, 0.4) is 0 Å². The molecule has 3 rings (SSSR count). The van der Waals surface area contributed by atoms with Crippen molar-refractivity contribution in [2.45, 2.75) is 31.3 Å². The summed E-state index contributed by atoms with van der Waals surface area (Å²) in [5, 5.41) is 15.6. The van der Waals surface area contributed by atoms with Crippen molar-refractivity contribution in [1.82, 2.24) is 4.90 Å². The van der Waals surface area contributed by atoms with Gasteiger partial charge in [0.1, 0.15) is 5.60 Å². The molecule has 6 heteroatoms. The van der Waals surface area contributed by atoms with Gasteiger partial charge in [0.05, 0.1) is 6.61 Å². The molecule has 166 valence electrons. The van der Waals surface area contributed by atoms with E-state index in [1.165, 1.54) is 29.5 Å². The minimum Gasteiger partial charge on any atom is -0.478 e. The fourth-order valence-electron chi connectivity index (χ4n) is 3.74. The highest BCUT2D eigenvalue weighted by molar-refractivity contribution is 5.89. The normalized spacial score (nSPS) is 18.0. The zero-order valence-electron chi connectivity index (χ0n) is 18.2. The molecule has 0 radical (unpaired) electrons. The zero-order valence-corrected chi connectivity index (χ0v) is 18.2. The lowest BCUT2D eigenvalue weighted by Gasteiger charge is -2.36. The first-order chi connectivity index (χ1) is 14.8. The Morgan fingerprint density at radius 1 is 0.968 bits per heavy atom. The van der Waals surface area contributed by atoms with E-state index in [4.69, 9.17) is 14.9 Å². The minimum absolute atomic E-state index is 0.301. The van der Waals surface area contributed by atoms with E-state index in [-0.39, 0.29) is 5.60 Å². The molecule has 0 saturated carbocycles. The van der Waals surface area contributed by atoms with Crippen LogP contribution in [0.25, 0.3) is 0 Å². The van der Waals surface area contributed by atoms with E-state index in [1.54, 1.807) is 0 Å². The first kappa shape index (κ1) is 24.3. The predicted octanol–water partition coefficient (Wildman–Crippen LogP) is 3.95. The molecule has 2 aromatic rings. The van der Waals surface area contributed by atoms with Crippen LogP contribution in [0.2, 0.25) is 0 Å². The maximum atomic E-state index is 9.55. The topological polar surface area (TPSA) is 87.1 Å². The van der Waals surface area contributed by atoms with Crippen molar-refractivity contribution >= 4 is 11.9 Å². The lowest BCUT2D eigenvalue weighted by atomic mass is 9.81. The lowest BCUT2D eigenvalue weighted by Crippen LogP contribution is -2.34. The van der Waals surface area contributed by atoms with Gasteiger partial charge in [0, 0.05) is 18.7 Å². The minimum atomic E-state index is -1.26. The third kappa shape index (κ3) is 7.35. The van der Waals surface area contributed by atoms with Crippen molar-refractivity contribution in [2.24, 2.45) is 0 Å². The molecule has 1 unspecified atom stereocenters. The van der Waals surface area contributed by atoms with E-state index < -0.39 is 11.9 Å². The Morgan fingerprint density at radius 3 is 2.19 bits per heavy atom. The highest BCUT2D eigenvalue weighted by Crippen LogP contribution is 2.42. The van der Waals surface area contributed by atoms with E-state index in [1.807, 2.05) is 0 Å². The molecule has 0 heterocycles. The average Bonchev–Trinajstić information content (AvgIpc) is 2.94. The van der Waals surface area contributed by atoms with Gasteiger partial charge in [0.25, 0.3) is 0 Å². The summed E-state index contributed by atoms with van der Waals surface area (Å²) in [6.45, 7) is 1.69. The Kier molecular flexibility index (Phi) is 9.43. The molecular weight excluding hydrogens is 394 g/mol. The number of hydrogen-bond acceptors (Lipinski definition) is 4. The van der Waals surface area contributed by atoms with Crippen LogP contribution in [0.1, 0.15) is 36.0 Å². The Hall–Kier alpha value is -2.96. The zero-order chi connectivity index (χ0) is 22.7. The summed E-state index contributed by atoms with van der Waals surface area (Å²) in [6.07, 6.45) is 5.77. The van der Waals surface area contributed by atoms with Crippen LogP contribution in [0.5, 0.6) is 0 Å². The Morgan fingerprint density at radius 2 is 1.58 bits per heavy atom. The van der Waals surface area contributed by atoms with Gasteiger partial charge in [-0.3, -0.25) is 0 Å². The van der Waals surface area contributed by atoms with E-state index in [0.717, 1.165) is 26.0 Å². The predicted molar refractivity (Wildman–Crippen MR) is 120 cm³/mol. The fraction of sp³-hybridized carbons (Fsp3) is 0.360. The average molecular weight is 426 g/mol. The second-order valence-electron chi connectivity index (χ2n) is 7.72. The maximum Gasteiger partial charge on any atom is 0.328 e. The molecule has 31 heavy (non-hydrogen) atoms. The molecular formula is C25H31NO5. The van der Waals surface area contributed by atoms with Crippen LogP contribution in [0, 0.1) is 0 Å². The molecule has 1 aliphatic carbocycles. The standard InChI is InChI=1S/C21H27NO.C4H4O4/c1-22(2)16-17-23-21(19-12-4-3-5-13-19)15-9-8-11-18-10-6-7-14-20(18)21;5-3(6)1-2-4(7)8/h3-7,10,12-14H,8-9,11,15-17H2,1-2H3;1-2H,(H,5,6)(H,7,8)/b;2-1-. The van der Waals surface area contributed by atoms with Gasteiger partial charge in [0.15, 0.2) is 0 Å². The van der Waals surface area contributed by atoms with E-state index >= 15 is 0 Å². The summed E-state index contributed by atoms with van der Waals surface area (Å²) >= 11 is 0. The van der Waals surface area contributed by atoms with E-state index in [0.29, 0.717) is 12.2 Å². The van der Waals surface area contributed by atoms with Gasteiger partial charge >= 0.3 is 11.9 Å². The molecule has 0 spiro atoms. The number of ether oxygens (including phenoxy) is 1. The molecule has 0 bridgehead atoms. The first-order valence-corrected chi connectivity index (χ1v) is 10.4. The number of aryl methyl sites for hydroxylation is 1. The summed E-state index contributed by atoms with van der Waals surface area (Å²) in [5.41, 5.74) is 3.79. The number of carboxylic acids is 2. The Bertz CT molecular complexity index is 862. The number of benzene rings is 2. The van der Waals surface area contributed by atoms with Gasteiger partial charge in [-0.15, -0.1) is 0 Å². The first-order valence-electron chi connectivity index (χ1n) is 10.4. The van der Waals surface area contributed by atoms with Crippen molar-refractivity contribution in [3.8, 4) is 0 Å². The van der Waals surface area contributed by atoms with Gasteiger partial charge in [-0.05, 0) is 56.5 Å². The van der Waals surface area contributed by atoms with Crippen LogP contribution in [0.15, 0.2) is 66.7 Å². The molecule has 0 fully saturated rings.